The number of aliphatic hydroxyl groups excluding tert-OH is 1. The van der Waals surface area contributed by atoms with E-state index in [0.717, 1.165) is 4.90 Å². The summed E-state index contributed by atoms with van der Waals surface area (Å²) in [6.07, 6.45) is -2.08. The van der Waals surface area contributed by atoms with E-state index in [1.807, 2.05) is 0 Å². The Kier molecular flexibility index (Phi) is 24.7. The highest BCUT2D eigenvalue weighted by Crippen LogP contribution is 2.20. The minimum Gasteiger partial charge on any atom is -0.508 e. The van der Waals surface area contributed by atoms with Gasteiger partial charge in [0.05, 0.1) is 19.1 Å². The SMILES string of the molecule is CCC(C)[C@H](NC(=O)[C@H](Cc1ccc(O)cc1)NC(=O)[C@H](CCC(N)=O)NC(=O)[C@@H]1CCCN1C(=O)[C@@H](N)CC(=O)O)C(=O)N[C@@H](CCC(N)=O)C(=O)N[C@@H](CO)C(=O)N[C@@H](CCCN=C(N)N)C(=O)O. The molecule has 0 saturated carbocycles. The van der Waals surface area contributed by atoms with Gasteiger partial charge in [0.25, 0.3) is 0 Å². The quantitative estimate of drug-likeness (QED) is 0.0187. The molecule has 1 aliphatic rings. The summed E-state index contributed by atoms with van der Waals surface area (Å²) in [5.41, 5.74) is 27.4. The Morgan fingerprint density at radius 2 is 1.24 bits per heavy atom. The van der Waals surface area contributed by atoms with Gasteiger partial charge in [-0.25, -0.2) is 4.79 Å². The number of phenols is 1. The summed E-state index contributed by atoms with van der Waals surface area (Å²) >= 11 is 0. The van der Waals surface area contributed by atoms with E-state index >= 15 is 0 Å². The van der Waals surface area contributed by atoms with Gasteiger partial charge in [0.15, 0.2) is 5.96 Å². The Morgan fingerprint density at radius 1 is 0.718 bits per heavy atom. The van der Waals surface area contributed by atoms with E-state index in [0.29, 0.717) is 12.0 Å². The van der Waals surface area contributed by atoms with Crippen molar-refractivity contribution in [1.82, 2.24) is 36.8 Å². The number of likely N-dealkylation sites (tertiary alicyclic amines) is 1. The van der Waals surface area contributed by atoms with Gasteiger partial charge in [0, 0.05) is 32.4 Å². The fraction of sp³-hybridized carbons (Fsp3) is 0.581. The average molecular weight is 1010 g/mol. The predicted molar refractivity (Wildman–Crippen MR) is 249 cm³/mol. The van der Waals surface area contributed by atoms with Gasteiger partial charge < -0.3 is 85.9 Å². The van der Waals surface area contributed by atoms with Crippen LogP contribution in [-0.2, 0) is 59.2 Å². The summed E-state index contributed by atoms with van der Waals surface area (Å²) in [6, 6.07) is -6.65. The molecule has 1 saturated heterocycles. The number of aliphatic hydroxyl groups is 1. The summed E-state index contributed by atoms with van der Waals surface area (Å²) in [5, 5.41) is 53.2. The van der Waals surface area contributed by atoms with Crippen LogP contribution in [0.2, 0.25) is 0 Å². The number of primary amides is 2. The fourth-order valence-electron chi connectivity index (χ4n) is 7.24. The van der Waals surface area contributed by atoms with Crippen molar-refractivity contribution in [2.45, 2.75) is 133 Å². The van der Waals surface area contributed by atoms with E-state index in [1.54, 1.807) is 13.8 Å². The number of nitrogens with zero attached hydrogens (tertiary/aromatic N) is 2. The first-order valence-corrected chi connectivity index (χ1v) is 22.7. The standard InChI is InChI=1S/C43H67N13O15/c1-3-21(2)34(40(68)51-26(13-15-32(46)60)36(64)54-29(20-57)38(66)52-27(42(70)71)6-4-16-49-43(47)48)55-37(65)28(18-22-8-10-23(58)11-9-22)53-35(63)25(12-14-31(45)59)50-39(67)30-7-5-17-56(30)41(69)24(44)19-33(61)62/h8-11,21,24-30,34,57-58H,3-7,12-20,44H2,1-2H3,(H2,45,59)(H2,46,60)(H,50,67)(H,51,68)(H,52,66)(H,53,63)(H,54,64)(H,55,65)(H,61,62)(H,70,71)(H4,47,48,49)/t21?,24-,25-,26-,27-,28-,29-,30-,34-/m0/s1. The largest absolute Gasteiger partial charge is 0.508 e. The first-order valence-electron chi connectivity index (χ1n) is 22.7. The van der Waals surface area contributed by atoms with Gasteiger partial charge in [-0.2, -0.15) is 0 Å². The van der Waals surface area contributed by atoms with Crippen molar-refractivity contribution >= 4 is 71.1 Å². The van der Waals surface area contributed by atoms with E-state index in [4.69, 9.17) is 33.8 Å². The van der Waals surface area contributed by atoms with Gasteiger partial charge in [-0.3, -0.25) is 52.9 Å². The molecule has 28 nitrogen and oxygen atoms in total. The third kappa shape index (κ3) is 20.5. The Hall–Kier alpha value is -7.62. The normalized spacial score (nSPS) is 16.5. The zero-order valence-corrected chi connectivity index (χ0v) is 39.5. The molecule has 9 amide bonds. The van der Waals surface area contributed by atoms with Crippen LogP contribution >= 0.6 is 0 Å². The zero-order valence-electron chi connectivity index (χ0n) is 39.5. The number of hydrogen-bond acceptors (Lipinski definition) is 15. The third-order valence-electron chi connectivity index (χ3n) is 11.4. The van der Waals surface area contributed by atoms with Crippen LogP contribution in [0.25, 0.3) is 0 Å². The maximum Gasteiger partial charge on any atom is 0.326 e. The lowest BCUT2D eigenvalue weighted by molar-refractivity contribution is -0.144. The number of aliphatic imine (C=N–C) groups is 1. The summed E-state index contributed by atoms with van der Waals surface area (Å²) in [7, 11) is 0. The minimum absolute atomic E-state index is 0.0371. The zero-order chi connectivity index (χ0) is 53.5. The molecule has 1 fully saturated rings. The second-order valence-corrected chi connectivity index (χ2v) is 16.9. The van der Waals surface area contributed by atoms with E-state index in [2.05, 4.69) is 36.9 Å². The molecule has 28 heteroatoms. The number of carboxylic acids is 2. The summed E-state index contributed by atoms with van der Waals surface area (Å²) in [4.78, 5) is 148. The first-order chi connectivity index (χ1) is 33.4. The van der Waals surface area contributed by atoms with Gasteiger partial charge >= 0.3 is 11.9 Å². The summed E-state index contributed by atoms with van der Waals surface area (Å²) in [6.45, 7) is 2.29. The molecular formula is C43H67N13O15. The number of nitrogens with one attached hydrogen (secondary N) is 6. The van der Waals surface area contributed by atoms with Gasteiger partial charge in [-0.15, -0.1) is 0 Å². The molecule has 1 heterocycles. The maximum absolute atomic E-state index is 14.3. The molecule has 394 valence electrons. The second-order valence-electron chi connectivity index (χ2n) is 16.9. The van der Waals surface area contributed by atoms with Gasteiger partial charge in [-0.1, -0.05) is 32.4 Å². The average Bonchev–Trinajstić information content (AvgIpc) is 3.80. The Morgan fingerprint density at radius 3 is 1.76 bits per heavy atom. The van der Waals surface area contributed by atoms with Crippen LogP contribution in [0.3, 0.4) is 0 Å². The number of benzene rings is 1. The van der Waals surface area contributed by atoms with Gasteiger partial charge in [0.2, 0.25) is 53.2 Å². The molecule has 1 aromatic rings. The molecule has 71 heavy (non-hydrogen) atoms. The van der Waals surface area contributed by atoms with Crippen LogP contribution < -0.4 is 60.6 Å². The number of phenolic OH excluding ortho intramolecular Hbond substituents is 1. The van der Waals surface area contributed by atoms with Crippen molar-refractivity contribution in [3.63, 3.8) is 0 Å². The number of carbonyl (C=O) groups excluding carboxylic acids is 9. The van der Waals surface area contributed by atoms with Crippen LogP contribution in [0.15, 0.2) is 29.3 Å². The van der Waals surface area contributed by atoms with Gasteiger partial charge in [-0.05, 0) is 62.1 Å². The molecule has 0 aliphatic carbocycles. The smallest absolute Gasteiger partial charge is 0.326 e. The first kappa shape index (κ1) is 59.5. The number of nitrogens with two attached hydrogens (primary N) is 5. The molecule has 20 N–H and O–H groups in total. The number of amides is 9. The van der Waals surface area contributed by atoms with Crippen molar-refractivity contribution in [1.29, 1.82) is 0 Å². The molecule has 0 radical (unpaired) electrons. The van der Waals surface area contributed by atoms with Crippen molar-refractivity contribution in [2.75, 3.05) is 19.7 Å². The Bertz CT molecular complexity index is 2100. The van der Waals surface area contributed by atoms with Crippen LogP contribution in [0, 0.1) is 5.92 Å². The highest BCUT2D eigenvalue weighted by molar-refractivity contribution is 5.98. The van der Waals surface area contributed by atoms with Crippen LogP contribution in [0.1, 0.15) is 83.6 Å². The lowest BCUT2D eigenvalue weighted by atomic mass is 9.96. The molecule has 1 unspecified atom stereocenters. The van der Waals surface area contributed by atoms with Crippen LogP contribution in [0.5, 0.6) is 5.75 Å². The topological polar surface area (TPSA) is 487 Å². The second kappa shape index (κ2) is 29.4. The van der Waals surface area contributed by atoms with Crippen molar-refractivity contribution in [3.8, 4) is 5.75 Å². The minimum atomic E-state index is -1.76. The monoisotopic (exact) mass is 1010 g/mol. The van der Waals surface area contributed by atoms with E-state index in [1.165, 1.54) is 24.3 Å². The number of carboxylic acid groups (broad SMARTS) is 2. The molecule has 0 bridgehead atoms. The molecule has 1 aliphatic heterocycles. The number of guanidine groups is 1. The third-order valence-corrected chi connectivity index (χ3v) is 11.4. The van der Waals surface area contributed by atoms with Crippen molar-refractivity contribution in [3.05, 3.63) is 29.8 Å². The molecule has 1 aromatic carbocycles. The highest BCUT2D eigenvalue weighted by Gasteiger charge is 2.39. The predicted octanol–water partition coefficient (Wildman–Crippen LogP) is -5.66. The number of aliphatic carboxylic acids is 2. The van der Waals surface area contributed by atoms with Crippen molar-refractivity contribution < 1.29 is 73.2 Å². The number of hydrogen-bond donors (Lipinski definition) is 15. The summed E-state index contributed by atoms with van der Waals surface area (Å²) < 4.78 is 0. The Labute approximate surface area is 408 Å². The number of aromatic hydroxyl groups is 1. The Balaban J connectivity index is 2.43. The summed E-state index contributed by atoms with van der Waals surface area (Å²) in [5.74, 6) is -12.5. The number of rotatable bonds is 31. The van der Waals surface area contributed by atoms with Gasteiger partial charge in [0.1, 0.15) is 48.0 Å². The van der Waals surface area contributed by atoms with E-state index < -0.39 is 152 Å². The van der Waals surface area contributed by atoms with Crippen molar-refractivity contribution in [2.24, 2.45) is 39.6 Å². The molecule has 0 spiro atoms. The maximum atomic E-state index is 14.3. The lowest BCUT2D eigenvalue weighted by Crippen LogP contribution is -2.61. The van der Waals surface area contributed by atoms with E-state index in [-0.39, 0.29) is 63.3 Å². The molecular weight excluding hydrogens is 939 g/mol. The molecule has 2 rings (SSSR count). The van der Waals surface area contributed by atoms with E-state index in [9.17, 15) is 68.1 Å². The molecule has 9 atom stereocenters. The molecule has 0 aromatic heterocycles. The lowest BCUT2D eigenvalue weighted by Gasteiger charge is -2.30. The highest BCUT2D eigenvalue weighted by atomic mass is 16.4. The van der Waals surface area contributed by atoms with Crippen LogP contribution in [-0.4, -0.2) is 164 Å². The number of carbonyl (C=O) groups is 11. The van der Waals surface area contributed by atoms with Crippen LogP contribution in [0.4, 0.5) is 0 Å². The fourth-order valence-corrected chi connectivity index (χ4v) is 7.24.